The molecule has 0 radical (unpaired) electrons. The Morgan fingerprint density at radius 1 is 1.36 bits per heavy atom. The summed E-state index contributed by atoms with van der Waals surface area (Å²) in [5, 5.41) is 0. The van der Waals surface area contributed by atoms with Crippen molar-refractivity contribution in [1.29, 1.82) is 0 Å². The average Bonchev–Trinajstić information content (AvgIpc) is 2.19. The maximum absolute atomic E-state index is 12.8. The summed E-state index contributed by atoms with van der Waals surface area (Å²) < 4.78 is 18.0. The van der Waals surface area contributed by atoms with Crippen molar-refractivity contribution in [2.24, 2.45) is 0 Å². The molecule has 0 saturated carbocycles. The lowest BCUT2D eigenvalue weighted by atomic mass is 10.3. The molecule has 0 aliphatic rings. The van der Waals surface area contributed by atoms with Crippen LogP contribution in [0.5, 0.6) is 5.88 Å². The maximum Gasteiger partial charge on any atom is 0.232 e. The van der Waals surface area contributed by atoms with Gasteiger partial charge in [0.25, 0.3) is 0 Å². The van der Waals surface area contributed by atoms with Crippen LogP contribution in [0.2, 0.25) is 0 Å². The highest BCUT2D eigenvalue weighted by Gasteiger charge is 2.00. The van der Waals surface area contributed by atoms with Crippen LogP contribution in [0.15, 0.2) is 24.4 Å². The molecule has 0 amide bonds. The van der Waals surface area contributed by atoms with Gasteiger partial charge in [-0.1, -0.05) is 0 Å². The lowest BCUT2D eigenvalue weighted by Crippen LogP contribution is -1.95. The van der Waals surface area contributed by atoms with Crippen LogP contribution in [0.3, 0.4) is 0 Å². The molecule has 1 aromatic heterocycles. The summed E-state index contributed by atoms with van der Waals surface area (Å²) in [5.74, 6) is 0.155. The molecule has 0 N–H and O–H groups in total. The van der Waals surface area contributed by atoms with Crippen molar-refractivity contribution in [2.75, 3.05) is 6.61 Å². The van der Waals surface area contributed by atoms with Crippen LogP contribution in [0.25, 0.3) is 11.0 Å². The Kier molecular flexibility index (Phi) is 2.26. The van der Waals surface area contributed by atoms with E-state index in [-0.39, 0.29) is 5.82 Å². The zero-order chi connectivity index (χ0) is 9.97. The molecule has 14 heavy (non-hydrogen) atoms. The molecule has 0 aliphatic heterocycles. The topological polar surface area (TPSA) is 35.0 Å². The Hall–Kier alpha value is -1.71. The van der Waals surface area contributed by atoms with Gasteiger partial charge in [-0.25, -0.2) is 14.4 Å². The second-order valence-corrected chi connectivity index (χ2v) is 2.77. The van der Waals surface area contributed by atoms with Crippen LogP contribution in [-0.2, 0) is 0 Å². The van der Waals surface area contributed by atoms with Crippen LogP contribution in [-0.4, -0.2) is 16.6 Å². The molecular weight excluding hydrogens is 183 g/mol. The lowest BCUT2D eigenvalue weighted by Gasteiger charge is -2.02. The summed E-state index contributed by atoms with van der Waals surface area (Å²) in [5.41, 5.74) is 1.17. The monoisotopic (exact) mass is 192 g/mol. The second-order valence-electron chi connectivity index (χ2n) is 2.77. The van der Waals surface area contributed by atoms with E-state index in [1.54, 1.807) is 6.07 Å². The minimum Gasteiger partial charge on any atom is -0.477 e. The minimum absolute atomic E-state index is 0.309. The number of aromatic nitrogens is 2. The number of benzene rings is 1. The number of halogens is 1. The van der Waals surface area contributed by atoms with E-state index < -0.39 is 0 Å². The van der Waals surface area contributed by atoms with Gasteiger partial charge in [-0.15, -0.1) is 0 Å². The molecule has 0 aliphatic carbocycles. The minimum atomic E-state index is -0.309. The van der Waals surface area contributed by atoms with Crippen LogP contribution in [0.4, 0.5) is 4.39 Å². The van der Waals surface area contributed by atoms with Gasteiger partial charge in [-0.3, -0.25) is 0 Å². The van der Waals surface area contributed by atoms with Gasteiger partial charge in [0.15, 0.2) is 0 Å². The van der Waals surface area contributed by atoms with Crippen LogP contribution < -0.4 is 4.74 Å². The predicted octanol–water partition coefficient (Wildman–Crippen LogP) is 2.17. The first-order valence-electron chi connectivity index (χ1n) is 4.34. The molecule has 3 nitrogen and oxygen atoms in total. The van der Waals surface area contributed by atoms with E-state index >= 15 is 0 Å². The van der Waals surface area contributed by atoms with Gasteiger partial charge in [-0.05, 0) is 19.1 Å². The van der Waals surface area contributed by atoms with Crippen molar-refractivity contribution in [3.05, 3.63) is 30.2 Å². The van der Waals surface area contributed by atoms with Crippen molar-refractivity contribution in [1.82, 2.24) is 9.97 Å². The van der Waals surface area contributed by atoms with Gasteiger partial charge < -0.3 is 4.74 Å². The number of nitrogens with zero attached hydrogens (tertiary/aromatic N) is 2. The fourth-order valence-corrected chi connectivity index (χ4v) is 1.18. The first-order valence-corrected chi connectivity index (χ1v) is 4.34. The third-order valence-corrected chi connectivity index (χ3v) is 1.77. The Bertz CT molecular complexity index is 459. The summed E-state index contributed by atoms with van der Waals surface area (Å²) in [4.78, 5) is 8.19. The molecule has 1 aromatic carbocycles. The SMILES string of the molecule is CCOc1cnc2cc(F)ccc2n1. The summed E-state index contributed by atoms with van der Waals surface area (Å²) in [7, 11) is 0. The van der Waals surface area contributed by atoms with E-state index in [2.05, 4.69) is 9.97 Å². The highest BCUT2D eigenvalue weighted by Crippen LogP contribution is 2.14. The Balaban J connectivity index is 2.50. The molecule has 4 heteroatoms. The van der Waals surface area contributed by atoms with Gasteiger partial charge >= 0.3 is 0 Å². The first-order chi connectivity index (χ1) is 6.79. The van der Waals surface area contributed by atoms with Crippen LogP contribution >= 0.6 is 0 Å². The first kappa shape index (κ1) is 8.87. The normalized spacial score (nSPS) is 10.4. The number of rotatable bonds is 2. The molecule has 2 rings (SSSR count). The number of ether oxygens (including phenoxy) is 1. The Labute approximate surface area is 80.6 Å². The Morgan fingerprint density at radius 2 is 2.21 bits per heavy atom. The zero-order valence-electron chi connectivity index (χ0n) is 7.70. The second kappa shape index (κ2) is 3.57. The standard InChI is InChI=1S/C10H9FN2O/c1-2-14-10-6-12-9-5-7(11)3-4-8(9)13-10/h3-6H,2H2,1H3. The third-order valence-electron chi connectivity index (χ3n) is 1.77. The smallest absolute Gasteiger partial charge is 0.232 e. The van der Waals surface area contributed by atoms with E-state index in [1.165, 1.54) is 18.3 Å². The lowest BCUT2D eigenvalue weighted by molar-refractivity contribution is 0.326. The summed E-state index contributed by atoms with van der Waals surface area (Å²) >= 11 is 0. The average molecular weight is 192 g/mol. The van der Waals surface area contributed by atoms with Gasteiger partial charge in [-0.2, -0.15) is 0 Å². The van der Waals surface area contributed by atoms with Crippen molar-refractivity contribution >= 4 is 11.0 Å². The van der Waals surface area contributed by atoms with Gasteiger partial charge in [0.05, 0.1) is 23.8 Å². The third kappa shape index (κ3) is 1.64. The van der Waals surface area contributed by atoms with Crippen molar-refractivity contribution in [3.63, 3.8) is 0 Å². The zero-order valence-corrected chi connectivity index (χ0v) is 7.70. The Morgan fingerprint density at radius 3 is 3.00 bits per heavy atom. The molecule has 1 heterocycles. The quantitative estimate of drug-likeness (QED) is 0.731. The fourth-order valence-electron chi connectivity index (χ4n) is 1.18. The molecule has 0 saturated heterocycles. The molecule has 0 unspecified atom stereocenters. The molecule has 72 valence electrons. The van der Waals surface area contributed by atoms with Crippen molar-refractivity contribution in [3.8, 4) is 5.88 Å². The predicted molar refractivity (Wildman–Crippen MR) is 50.7 cm³/mol. The summed E-state index contributed by atoms with van der Waals surface area (Å²) in [6.07, 6.45) is 1.49. The summed E-state index contributed by atoms with van der Waals surface area (Å²) in [6, 6.07) is 4.28. The van der Waals surface area contributed by atoms with Crippen molar-refractivity contribution < 1.29 is 9.13 Å². The van der Waals surface area contributed by atoms with Gasteiger partial charge in [0.2, 0.25) is 5.88 Å². The molecule has 2 aromatic rings. The largest absolute Gasteiger partial charge is 0.477 e. The molecule has 0 fully saturated rings. The summed E-state index contributed by atoms with van der Waals surface area (Å²) in [6.45, 7) is 2.41. The molecule has 0 atom stereocenters. The highest BCUT2D eigenvalue weighted by molar-refractivity contribution is 5.74. The molecular formula is C10H9FN2O. The number of hydrogen-bond donors (Lipinski definition) is 0. The van der Waals surface area contributed by atoms with Crippen LogP contribution in [0, 0.1) is 5.82 Å². The van der Waals surface area contributed by atoms with Gasteiger partial charge in [0.1, 0.15) is 5.82 Å². The molecule has 0 spiro atoms. The van der Waals surface area contributed by atoms with Gasteiger partial charge in [0, 0.05) is 6.07 Å². The van der Waals surface area contributed by atoms with E-state index in [9.17, 15) is 4.39 Å². The highest BCUT2D eigenvalue weighted by atomic mass is 19.1. The number of fused-ring (bicyclic) bond motifs is 1. The number of hydrogen-bond acceptors (Lipinski definition) is 3. The fraction of sp³-hybridized carbons (Fsp3) is 0.200. The molecule has 0 bridgehead atoms. The van der Waals surface area contributed by atoms with E-state index in [0.29, 0.717) is 23.5 Å². The van der Waals surface area contributed by atoms with E-state index in [1.807, 2.05) is 6.92 Å². The maximum atomic E-state index is 12.8. The van der Waals surface area contributed by atoms with Crippen LogP contribution in [0.1, 0.15) is 6.92 Å². The van der Waals surface area contributed by atoms with Crippen molar-refractivity contribution in [2.45, 2.75) is 6.92 Å². The van der Waals surface area contributed by atoms with E-state index in [0.717, 1.165) is 0 Å². The van der Waals surface area contributed by atoms with E-state index in [4.69, 9.17) is 4.74 Å².